The van der Waals surface area contributed by atoms with E-state index in [1.807, 2.05) is 6.92 Å². The Kier molecular flexibility index (Phi) is 2.50. The van der Waals surface area contributed by atoms with E-state index in [9.17, 15) is 9.59 Å². The largest absolute Gasteiger partial charge is 0.461 e. The lowest BCUT2D eigenvalue weighted by Crippen LogP contribution is -2.45. The zero-order valence-electron chi connectivity index (χ0n) is 10.7. The van der Waals surface area contributed by atoms with E-state index < -0.39 is 23.9 Å². The highest BCUT2D eigenvalue weighted by atomic mass is 16.7. The Labute approximate surface area is 110 Å². The second-order valence-electron chi connectivity index (χ2n) is 5.26. The smallest absolute Gasteiger partial charge is 0.409 e. The van der Waals surface area contributed by atoms with E-state index in [0.29, 0.717) is 12.0 Å². The summed E-state index contributed by atoms with van der Waals surface area (Å²) in [6.07, 6.45) is 0.749. The number of hydrogen-bond donors (Lipinski definition) is 2. The van der Waals surface area contributed by atoms with E-state index >= 15 is 0 Å². The average molecular weight is 268 g/mol. The summed E-state index contributed by atoms with van der Waals surface area (Å²) in [6.45, 7) is 1.94. The fraction of sp³-hybridized carbons (Fsp3) is 0.667. The maximum absolute atomic E-state index is 11.4. The number of fused-ring (bicyclic) bond motifs is 3. The number of carbonyl (C=O) groups excluding carboxylic acids is 2. The van der Waals surface area contributed by atoms with Gasteiger partial charge in [-0.05, 0) is 13.3 Å². The predicted molar refractivity (Wildman–Crippen MR) is 62.6 cm³/mol. The van der Waals surface area contributed by atoms with Gasteiger partial charge in [0, 0.05) is 13.0 Å². The molecule has 0 spiro atoms. The van der Waals surface area contributed by atoms with Crippen LogP contribution in [0.15, 0.2) is 11.8 Å². The number of primary amides is 1. The van der Waals surface area contributed by atoms with Crippen LogP contribution in [0.25, 0.3) is 0 Å². The van der Waals surface area contributed by atoms with Gasteiger partial charge < -0.3 is 25.3 Å². The molecular formula is C12H16N2O5. The molecule has 19 heavy (non-hydrogen) atoms. The van der Waals surface area contributed by atoms with Crippen LogP contribution in [0.2, 0.25) is 0 Å². The molecule has 0 bridgehead atoms. The normalized spacial score (nSPS) is 42.3. The first-order chi connectivity index (χ1) is 8.97. The van der Waals surface area contributed by atoms with Gasteiger partial charge in [0.25, 0.3) is 6.29 Å². The molecular weight excluding hydrogens is 252 g/mol. The maximum atomic E-state index is 11.4. The van der Waals surface area contributed by atoms with Crippen molar-refractivity contribution in [2.75, 3.05) is 7.05 Å². The van der Waals surface area contributed by atoms with Gasteiger partial charge in [0.2, 0.25) is 5.91 Å². The lowest BCUT2D eigenvalue weighted by Gasteiger charge is -2.35. The van der Waals surface area contributed by atoms with Crippen molar-refractivity contribution in [1.29, 1.82) is 0 Å². The molecule has 2 aliphatic heterocycles. The van der Waals surface area contributed by atoms with E-state index in [1.54, 1.807) is 0 Å². The molecule has 1 saturated carbocycles. The number of hydrogen-bond acceptors (Lipinski definition) is 5. The van der Waals surface area contributed by atoms with Crippen molar-refractivity contribution in [3.05, 3.63) is 11.8 Å². The molecule has 0 radical (unpaired) electrons. The van der Waals surface area contributed by atoms with Crippen molar-refractivity contribution in [3.63, 3.8) is 0 Å². The van der Waals surface area contributed by atoms with Crippen molar-refractivity contribution in [2.24, 2.45) is 17.6 Å². The number of rotatable bonds is 2. The summed E-state index contributed by atoms with van der Waals surface area (Å²) < 4.78 is 16.2. The molecule has 3 rings (SSSR count). The lowest BCUT2D eigenvalue weighted by molar-refractivity contribution is -0.141. The Bertz CT molecular complexity index is 477. The van der Waals surface area contributed by atoms with Gasteiger partial charge in [-0.2, -0.15) is 0 Å². The minimum atomic E-state index is -0.759. The Morgan fingerprint density at radius 1 is 1.58 bits per heavy atom. The molecule has 2 heterocycles. The van der Waals surface area contributed by atoms with E-state index in [2.05, 4.69) is 5.32 Å². The highest BCUT2D eigenvalue weighted by Gasteiger charge is 2.70. The molecule has 2 amide bonds. The summed E-state index contributed by atoms with van der Waals surface area (Å²) in [7, 11) is 1.47. The van der Waals surface area contributed by atoms with Crippen LogP contribution in [0.5, 0.6) is 0 Å². The summed E-state index contributed by atoms with van der Waals surface area (Å²) in [5, 5.41) is 2.37. The summed E-state index contributed by atoms with van der Waals surface area (Å²) in [5.41, 5.74) is 5.39. The van der Waals surface area contributed by atoms with Crippen LogP contribution < -0.4 is 11.1 Å². The SMILES string of the molecule is CNC(=O)OC1OC=C(C(N)=O)C2CC3OC3(C)C12. The van der Waals surface area contributed by atoms with Gasteiger partial charge in [0.15, 0.2) is 0 Å². The molecule has 3 aliphatic rings. The zero-order chi connectivity index (χ0) is 13.8. The number of amides is 2. The molecule has 7 heteroatoms. The number of carbonyl (C=O) groups is 2. The third-order valence-corrected chi connectivity index (χ3v) is 4.28. The van der Waals surface area contributed by atoms with Gasteiger partial charge in [-0.3, -0.25) is 4.79 Å². The molecule has 0 aromatic carbocycles. The van der Waals surface area contributed by atoms with Crippen molar-refractivity contribution >= 4 is 12.0 Å². The number of nitrogens with one attached hydrogen (secondary N) is 1. The lowest BCUT2D eigenvalue weighted by atomic mass is 9.82. The van der Waals surface area contributed by atoms with Gasteiger partial charge in [-0.1, -0.05) is 0 Å². The van der Waals surface area contributed by atoms with Gasteiger partial charge >= 0.3 is 6.09 Å². The van der Waals surface area contributed by atoms with Crippen LogP contribution in [-0.2, 0) is 19.0 Å². The van der Waals surface area contributed by atoms with E-state index in [0.717, 1.165) is 0 Å². The van der Waals surface area contributed by atoms with Gasteiger partial charge in [-0.25, -0.2) is 4.79 Å². The van der Waals surface area contributed by atoms with Crippen molar-refractivity contribution < 1.29 is 23.8 Å². The molecule has 0 aromatic heterocycles. The highest BCUT2D eigenvalue weighted by molar-refractivity contribution is 5.92. The van der Waals surface area contributed by atoms with Crippen LogP contribution in [0.4, 0.5) is 4.79 Å². The number of nitrogens with two attached hydrogens (primary N) is 1. The first-order valence-electron chi connectivity index (χ1n) is 6.19. The van der Waals surface area contributed by atoms with E-state index in [1.165, 1.54) is 13.3 Å². The molecule has 0 aromatic rings. The quantitative estimate of drug-likeness (QED) is 0.678. The number of alkyl carbamates (subject to hydrolysis) is 1. The predicted octanol–water partition coefficient (Wildman–Crippen LogP) is -0.138. The van der Waals surface area contributed by atoms with Gasteiger partial charge in [-0.15, -0.1) is 0 Å². The third kappa shape index (κ3) is 1.68. The molecule has 2 fully saturated rings. The van der Waals surface area contributed by atoms with Crippen molar-refractivity contribution in [1.82, 2.24) is 5.32 Å². The van der Waals surface area contributed by atoms with Gasteiger partial charge in [0.1, 0.15) is 5.60 Å². The third-order valence-electron chi connectivity index (χ3n) is 4.28. The Hall–Kier alpha value is -1.76. The summed E-state index contributed by atoms with van der Waals surface area (Å²) in [4.78, 5) is 22.8. The molecule has 5 atom stereocenters. The Morgan fingerprint density at radius 2 is 2.32 bits per heavy atom. The van der Waals surface area contributed by atoms with Crippen molar-refractivity contribution in [2.45, 2.75) is 31.3 Å². The monoisotopic (exact) mass is 268 g/mol. The highest BCUT2D eigenvalue weighted by Crippen LogP contribution is 2.60. The summed E-state index contributed by atoms with van der Waals surface area (Å²) in [6, 6.07) is 0. The molecule has 7 nitrogen and oxygen atoms in total. The van der Waals surface area contributed by atoms with E-state index in [4.69, 9.17) is 19.9 Å². The minimum Gasteiger partial charge on any atom is -0.461 e. The second kappa shape index (κ2) is 3.86. The fourth-order valence-corrected chi connectivity index (χ4v) is 3.22. The standard InChI is InChI=1S/C12H16N2O5/c1-12-7(19-12)3-5-6(9(13)15)4-17-10(8(5)12)18-11(16)14-2/h4-5,7-8,10H,3H2,1-2H3,(H2,13,15)(H,14,16). The van der Waals surface area contributed by atoms with E-state index in [-0.39, 0.29) is 17.9 Å². The summed E-state index contributed by atoms with van der Waals surface area (Å²) in [5.74, 6) is -0.787. The molecule has 1 aliphatic carbocycles. The van der Waals surface area contributed by atoms with Crippen LogP contribution in [-0.4, -0.2) is 37.0 Å². The maximum Gasteiger partial charge on any atom is 0.409 e. The van der Waals surface area contributed by atoms with Crippen LogP contribution >= 0.6 is 0 Å². The first kappa shape index (κ1) is 12.3. The van der Waals surface area contributed by atoms with Crippen LogP contribution in [0, 0.1) is 11.8 Å². The second-order valence-corrected chi connectivity index (χ2v) is 5.26. The van der Waals surface area contributed by atoms with Gasteiger partial charge in [0.05, 0.1) is 23.9 Å². The topological polar surface area (TPSA) is 103 Å². The number of ether oxygens (including phenoxy) is 3. The van der Waals surface area contributed by atoms with Crippen LogP contribution in [0.3, 0.4) is 0 Å². The Morgan fingerprint density at radius 3 is 2.95 bits per heavy atom. The number of epoxide rings is 1. The molecule has 5 unspecified atom stereocenters. The molecule has 104 valence electrons. The summed E-state index contributed by atoms with van der Waals surface area (Å²) >= 11 is 0. The van der Waals surface area contributed by atoms with Crippen molar-refractivity contribution in [3.8, 4) is 0 Å². The Balaban J connectivity index is 1.87. The molecule has 1 saturated heterocycles. The first-order valence-corrected chi connectivity index (χ1v) is 6.19. The van der Waals surface area contributed by atoms with Crippen LogP contribution in [0.1, 0.15) is 13.3 Å². The molecule has 3 N–H and O–H groups in total. The fourth-order valence-electron chi connectivity index (χ4n) is 3.22. The zero-order valence-corrected chi connectivity index (χ0v) is 10.7. The minimum absolute atomic E-state index is 0.0720. The average Bonchev–Trinajstić information content (AvgIpc) is 2.91.